The van der Waals surface area contributed by atoms with E-state index in [1.54, 1.807) is 0 Å². The predicted molar refractivity (Wildman–Crippen MR) is 154 cm³/mol. The number of nitrogens with two attached hydrogens (primary N) is 1. The second-order valence-corrected chi connectivity index (χ2v) is 15.7. The third-order valence-electron chi connectivity index (χ3n) is 7.31. The maximum Gasteiger partial charge on any atom is 0.388 e. The molecule has 7 rings (SSSR count). The van der Waals surface area contributed by atoms with Crippen molar-refractivity contribution in [2.45, 2.75) is 42.6 Å². The van der Waals surface area contributed by atoms with E-state index >= 15 is 8.78 Å². The molecule has 45 heavy (non-hydrogen) atoms. The molecule has 0 aromatic carbocycles. The van der Waals surface area contributed by atoms with Gasteiger partial charge in [-0.2, -0.15) is 4.98 Å². The summed E-state index contributed by atoms with van der Waals surface area (Å²) in [6.07, 6.45) is -8.57. The molecule has 0 saturated carbocycles. The monoisotopic (exact) mass is 714 g/mol. The molecule has 0 radical (unpaired) electrons. The van der Waals surface area contributed by atoms with E-state index in [0.29, 0.717) is 0 Å². The van der Waals surface area contributed by atoms with Crippen molar-refractivity contribution in [3.63, 3.8) is 0 Å². The molecule has 4 aliphatic rings. The van der Waals surface area contributed by atoms with Gasteiger partial charge in [0, 0.05) is 0 Å². The Hall–Kier alpha value is -2.60. The molecule has 7 heterocycles. The number of alkyl halides is 2. The third-order valence-corrected chi connectivity index (χ3v) is 10.5. The smallest absolute Gasteiger partial charge is 0.369 e. The zero-order valence-corrected chi connectivity index (χ0v) is 25.7. The number of imidazole rings is 1. The highest BCUT2D eigenvalue weighted by Gasteiger charge is 2.59. The number of thiol groups is 1. The molecule has 2 bridgehead atoms. The van der Waals surface area contributed by atoms with Crippen LogP contribution in [0.4, 0.5) is 26.2 Å². The number of nitrogens with one attached hydrogen (secondary N) is 4. The lowest BCUT2D eigenvalue weighted by Gasteiger charge is -2.33. The highest BCUT2D eigenvalue weighted by molar-refractivity contribution is 8.44. The van der Waals surface area contributed by atoms with Gasteiger partial charge in [-0.05, 0) is 11.8 Å². The van der Waals surface area contributed by atoms with Crippen molar-refractivity contribution in [3.05, 3.63) is 33.4 Å². The van der Waals surface area contributed by atoms with Crippen molar-refractivity contribution in [2.24, 2.45) is 0 Å². The van der Waals surface area contributed by atoms with Crippen LogP contribution in [0.3, 0.4) is 0 Å². The van der Waals surface area contributed by atoms with Crippen molar-refractivity contribution >= 4 is 66.2 Å². The summed E-state index contributed by atoms with van der Waals surface area (Å²) in [5.74, 6) is -0.368. The van der Waals surface area contributed by atoms with Crippen LogP contribution < -0.4 is 32.8 Å². The summed E-state index contributed by atoms with van der Waals surface area (Å²) >= 11 is 9.11. The molecule has 7 N–H and O–H groups in total. The summed E-state index contributed by atoms with van der Waals surface area (Å²) in [6, 6.07) is 0. The first-order chi connectivity index (χ1) is 21.3. The number of aromatic nitrogens is 6. The number of fused-ring (bicyclic) bond motifs is 5. The molecule has 3 aromatic heterocycles. The number of hydrogen-bond donors (Lipinski definition) is 7. The fourth-order valence-corrected chi connectivity index (χ4v) is 8.38. The van der Waals surface area contributed by atoms with E-state index in [1.807, 2.05) is 0 Å². The van der Waals surface area contributed by atoms with Crippen molar-refractivity contribution in [2.75, 3.05) is 36.0 Å². The fourth-order valence-electron chi connectivity index (χ4n) is 5.29. The van der Waals surface area contributed by atoms with Crippen LogP contribution in [0, 0.1) is 0 Å². The number of aromatic amines is 2. The first-order valence-electron chi connectivity index (χ1n) is 12.8. The van der Waals surface area contributed by atoms with Gasteiger partial charge in [-0.15, -0.1) is 5.53 Å². The molecule has 9 atom stereocenters. The van der Waals surface area contributed by atoms with E-state index in [9.17, 15) is 19.0 Å². The Morgan fingerprint density at radius 3 is 2.78 bits per heavy atom. The van der Waals surface area contributed by atoms with Crippen LogP contribution >= 0.6 is 25.8 Å². The van der Waals surface area contributed by atoms with E-state index in [0.717, 1.165) is 22.2 Å². The summed E-state index contributed by atoms with van der Waals surface area (Å²) in [5.41, 5.74) is 6.56. The maximum absolute atomic E-state index is 16.3. The molecule has 4 aliphatic heterocycles. The lowest BCUT2D eigenvalue weighted by atomic mass is 10.1. The Labute approximate surface area is 258 Å². The van der Waals surface area contributed by atoms with Crippen molar-refractivity contribution in [1.82, 2.24) is 35.0 Å². The van der Waals surface area contributed by atoms with Crippen LogP contribution in [0.15, 0.2) is 22.2 Å². The molecular formula is C19H22F2N10O10P2S2. The van der Waals surface area contributed by atoms with Crippen LogP contribution in [0.25, 0.3) is 11.2 Å². The Morgan fingerprint density at radius 1 is 1.20 bits per heavy atom. The number of hydrazine groups is 2. The normalized spacial score (nSPS) is 38.6. The van der Waals surface area contributed by atoms with Gasteiger partial charge in [0.1, 0.15) is 18.3 Å². The highest BCUT2D eigenvalue weighted by Crippen LogP contribution is 2.60. The zero-order chi connectivity index (χ0) is 31.9. The molecule has 3 saturated heterocycles. The molecule has 3 fully saturated rings. The average Bonchev–Trinajstić information content (AvgIpc) is 3.73. The van der Waals surface area contributed by atoms with Gasteiger partial charge in [0.25, 0.3) is 11.1 Å². The Morgan fingerprint density at radius 2 is 1.98 bits per heavy atom. The van der Waals surface area contributed by atoms with E-state index in [4.69, 9.17) is 45.1 Å². The van der Waals surface area contributed by atoms with Gasteiger partial charge in [-0.3, -0.25) is 38.1 Å². The second-order valence-electron chi connectivity index (χ2n) is 10.1. The quantitative estimate of drug-likeness (QED) is 0.128. The maximum atomic E-state index is 16.3. The minimum absolute atomic E-state index is 0.0331. The second kappa shape index (κ2) is 11.0. The number of nitrogen functional groups attached to an aromatic ring is 1. The minimum Gasteiger partial charge on any atom is -0.369 e. The Bertz CT molecular complexity index is 1890. The van der Waals surface area contributed by atoms with E-state index < -0.39 is 87.1 Å². The predicted octanol–water partition coefficient (Wildman–Crippen LogP) is -0.707. The molecule has 0 aliphatic carbocycles. The summed E-state index contributed by atoms with van der Waals surface area (Å²) in [4.78, 5) is 52.0. The molecule has 0 spiro atoms. The van der Waals surface area contributed by atoms with Gasteiger partial charge >= 0.3 is 13.5 Å². The van der Waals surface area contributed by atoms with Gasteiger partial charge in [-0.1, -0.05) is 12.2 Å². The van der Waals surface area contributed by atoms with Crippen molar-refractivity contribution in [3.8, 4) is 0 Å². The van der Waals surface area contributed by atoms with Crippen LogP contribution in [-0.2, 0) is 49.7 Å². The van der Waals surface area contributed by atoms with Gasteiger partial charge in [-0.25, -0.2) is 28.3 Å². The van der Waals surface area contributed by atoms with E-state index in [1.165, 1.54) is 0 Å². The molecule has 26 heteroatoms. The lowest BCUT2D eigenvalue weighted by Crippen LogP contribution is -2.49. The van der Waals surface area contributed by atoms with Crippen LogP contribution in [0.1, 0.15) is 0 Å². The van der Waals surface area contributed by atoms with Crippen molar-refractivity contribution < 1.29 is 45.8 Å². The SMILES string of the molecule is Nc1nc2c(ncn2[C@@]23CO[C@H](COP(O)(=S)O[C@H]4C(F)C(N5NNc6c5nc[nH]c6=O)O[C@@H]4COP(=O)(S)O2)[C@H]3F)c(=O)[nH]1. The number of H-pyrrole nitrogens is 2. The van der Waals surface area contributed by atoms with Gasteiger partial charge in [0.2, 0.25) is 11.7 Å². The topological polar surface area (TPSA) is 255 Å². The molecular weight excluding hydrogens is 692 g/mol. The van der Waals surface area contributed by atoms with Crippen LogP contribution in [0.5, 0.6) is 0 Å². The highest BCUT2D eigenvalue weighted by atomic mass is 32.7. The zero-order valence-electron chi connectivity index (χ0n) is 22.2. The molecule has 0 amide bonds. The fraction of sp³-hybridized carbons (Fsp3) is 0.526. The van der Waals surface area contributed by atoms with Crippen LogP contribution in [-0.4, -0.2) is 91.1 Å². The van der Waals surface area contributed by atoms with Crippen LogP contribution in [0.2, 0.25) is 0 Å². The summed E-state index contributed by atoms with van der Waals surface area (Å²) in [7, 11) is 0. The molecule has 244 valence electrons. The number of rotatable bonds is 2. The van der Waals surface area contributed by atoms with Gasteiger partial charge < -0.3 is 29.6 Å². The molecule has 3 aromatic rings. The van der Waals surface area contributed by atoms with E-state index in [-0.39, 0.29) is 28.6 Å². The number of hydrogen-bond acceptors (Lipinski definition) is 17. The standard InChI is InChI=1S/C19H22F2N10O10P2S2/c20-8-11-6(39-17(8)31-13-10(28-29-31)15(32)24-4-23-13)1-38-43(35,45)41-19(3-36-7(12(19)21)2-37-42(34,44)40-11)30-5-25-9-14(30)26-18(22)27-16(9)33/h4-8,11-12,17,28-29H,1-3H2,(H,34,44)(H,35,45)(H,23,24,32)(H3,22,26,27,33)/t6-,7-,8?,11-,12-,17?,19+,42?,43?/m1/s1. The summed E-state index contributed by atoms with van der Waals surface area (Å²) < 4.78 is 80.3. The number of halogens is 2. The van der Waals surface area contributed by atoms with Gasteiger partial charge in [0.15, 0.2) is 41.2 Å². The largest absolute Gasteiger partial charge is 0.388 e. The third kappa shape index (κ3) is 5.27. The number of anilines is 3. The lowest BCUT2D eigenvalue weighted by molar-refractivity contribution is -0.0666. The molecule has 4 unspecified atom stereocenters. The summed E-state index contributed by atoms with van der Waals surface area (Å²) in [6.45, 7) is -11.2. The minimum atomic E-state index is -4.65. The van der Waals surface area contributed by atoms with Gasteiger partial charge in [0.05, 0.1) is 32.5 Å². The first kappa shape index (κ1) is 31.0. The Kier molecular flexibility index (Phi) is 7.58. The average molecular weight is 715 g/mol. The van der Waals surface area contributed by atoms with Crippen molar-refractivity contribution in [1.29, 1.82) is 0 Å². The number of nitrogens with zero attached hydrogens (tertiary/aromatic N) is 5. The van der Waals surface area contributed by atoms with E-state index in [2.05, 4.69) is 48.1 Å². The first-order valence-corrected chi connectivity index (χ1v) is 18.1. The Balaban J connectivity index is 1.24. The number of ether oxygens (including phenoxy) is 2. The molecule has 20 nitrogen and oxygen atoms in total. The summed E-state index contributed by atoms with van der Waals surface area (Å²) in [5, 5.41) is 1.05.